The number of hydrogen-bond acceptors (Lipinski definition) is 5. The second-order valence-corrected chi connectivity index (χ2v) is 5.47. The van der Waals surface area contributed by atoms with Crippen LogP contribution in [0.3, 0.4) is 0 Å². The van der Waals surface area contributed by atoms with Crippen LogP contribution in [0.4, 0.5) is 23.9 Å². The maximum absolute atomic E-state index is 12.5. The number of halogens is 3. The zero-order valence-corrected chi connectivity index (χ0v) is 13.3. The first-order chi connectivity index (χ1) is 11.8. The second-order valence-electron chi connectivity index (χ2n) is 5.47. The van der Waals surface area contributed by atoms with Crippen LogP contribution in [-0.2, 0) is 11.0 Å². The first-order valence-electron chi connectivity index (χ1n) is 7.66. The van der Waals surface area contributed by atoms with E-state index in [0.717, 1.165) is 12.4 Å². The van der Waals surface area contributed by atoms with E-state index in [2.05, 4.69) is 15.3 Å². The molecule has 8 nitrogen and oxygen atoms in total. The molecule has 25 heavy (non-hydrogen) atoms. The lowest BCUT2D eigenvalue weighted by Gasteiger charge is -2.34. The molecule has 2 amide bonds. The van der Waals surface area contributed by atoms with E-state index in [0.29, 0.717) is 32.6 Å². The molecular weight excluding hydrogens is 343 g/mol. The molecule has 2 N–H and O–H groups in total. The first kappa shape index (κ1) is 18.7. The van der Waals surface area contributed by atoms with Gasteiger partial charge in [0.25, 0.3) is 0 Å². The number of carbonyl (C=O) groups excluding carboxylic acids is 1. The van der Waals surface area contributed by atoms with E-state index >= 15 is 0 Å². The highest BCUT2D eigenvalue weighted by atomic mass is 19.4. The Hall–Kier alpha value is -2.59. The van der Waals surface area contributed by atoms with Crippen LogP contribution in [0.1, 0.15) is 18.4 Å². The summed E-state index contributed by atoms with van der Waals surface area (Å²) in [6.45, 7) is 1.88. The van der Waals surface area contributed by atoms with E-state index in [1.165, 1.54) is 0 Å². The number of hydrogen-bond donors (Lipinski definition) is 2. The zero-order valence-electron chi connectivity index (χ0n) is 13.3. The summed E-state index contributed by atoms with van der Waals surface area (Å²) in [5.41, 5.74) is -0.903. The summed E-state index contributed by atoms with van der Waals surface area (Å²) in [4.78, 5) is 33.2. The van der Waals surface area contributed by atoms with Crippen molar-refractivity contribution >= 4 is 17.9 Å². The van der Waals surface area contributed by atoms with Crippen LogP contribution < -0.4 is 10.2 Å². The van der Waals surface area contributed by atoms with Crippen LogP contribution in [0.2, 0.25) is 0 Å². The lowest BCUT2D eigenvalue weighted by atomic mass is 10.2. The lowest BCUT2D eigenvalue weighted by Crippen LogP contribution is -2.49. The van der Waals surface area contributed by atoms with Gasteiger partial charge in [-0.2, -0.15) is 13.2 Å². The Morgan fingerprint density at radius 3 is 2.28 bits per heavy atom. The number of nitrogens with one attached hydrogen (secondary N) is 1. The minimum atomic E-state index is -4.47. The standard InChI is InChI=1S/C14H18F3N5O3/c15-14(16,17)10-8-19-12(20-9-10)22-6-4-21(5-7-22)11(23)2-1-3-18-13(24)25/h8-9,18H,1-7H2,(H,24,25). The molecule has 0 spiro atoms. The van der Waals surface area contributed by atoms with Gasteiger partial charge in [0.05, 0.1) is 5.56 Å². The fourth-order valence-corrected chi connectivity index (χ4v) is 2.38. The fourth-order valence-electron chi connectivity index (χ4n) is 2.38. The molecule has 2 rings (SSSR count). The van der Waals surface area contributed by atoms with Crippen LogP contribution in [0.5, 0.6) is 0 Å². The van der Waals surface area contributed by atoms with Crippen molar-refractivity contribution in [2.45, 2.75) is 19.0 Å². The molecule has 2 heterocycles. The summed E-state index contributed by atoms with van der Waals surface area (Å²) in [7, 11) is 0. The Bertz CT molecular complexity index is 601. The maximum atomic E-state index is 12.5. The Balaban J connectivity index is 1.79. The number of rotatable bonds is 5. The Labute approximate surface area is 141 Å². The average Bonchev–Trinajstić information content (AvgIpc) is 2.58. The minimum absolute atomic E-state index is 0.0832. The van der Waals surface area contributed by atoms with Crippen LogP contribution >= 0.6 is 0 Å². The van der Waals surface area contributed by atoms with E-state index in [1.807, 2.05) is 0 Å². The second kappa shape index (κ2) is 7.99. The third-order valence-corrected chi connectivity index (χ3v) is 3.72. The van der Waals surface area contributed by atoms with Gasteiger partial charge >= 0.3 is 12.3 Å². The van der Waals surface area contributed by atoms with E-state index in [1.54, 1.807) is 9.80 Å². The summed E-state index contributed by atoms with van der Waals surface area (Å²) in [6, 6.07) is 0. The number of alkyl halides is 3. The number of piperazine rings is 1. The van der Waals surface area contributed by atoms with Crippen molar-refractivity contribution in [2.24, 2.45) is 0 Å². The number of nitrogens with zero attached hydrogens (tertiary/aromatic N) is 4. The van der Waals surface area contributed by atoms with Crippen molar-refractivity contribution in [3.63, 3.8) is 0 Å². The quantitative estimate of drug-likeness (QED) is 0.765. The molecular formula is C14H18F3N5O3. The van der Waals surface area contributed by atoms with Gasteiger partial charge in [-0.25, -0.2) is 14.8 Å². The highest BCUT2D eigenvalue weighted by molar-refractivity contribution is 5.76. The van der Waals surface area contributed by atoms with Gasteiger partial charge in [-0.05, 0) is 6.42 Å². The van der Waals surface area contributed by atoms with Crippen LogP contribution in [0.15, 0.2) is 12.4 Å². The van der Waals surface area contributed by atoms with E-state index in [4.69, 9.17) is 5.11 Å². The van der Waals surface area contributed by atoms with Gasteiger partial charge in [-0.15, -0.1) is 0 Å². The van der Waals surface area contributed by atoms with Crippen molar-refractivity contribution in [1.29, 1.82) is 0 Å². The van der Waals surface area contributed by atoms with Gasteiger partial charge in [0, 0.05) is 51.5 Å². The molecule has 0 aromatic carbocycles. The molecule has 138 valence electrons. The largest absolute Gasteiger partial charge is 0.465 e. The van der Waals surface area contributed by atoms with Crippen molar-refractivity contribution in [2.75, 3.05) is 37.6 Å². The van der Waals surface area contributed by atoms with Gasteiger partial charge < -0.3 is 20.2 Å². The van der Waals surface area contributed by atoms with Gasteiger partial charge in [0.2, 0.25) is 11.9 Å². The third kappa shape index (κ3) is 5.47. The molecule has 1 aliphatic heterocycles. The normalized spacial score (nSPS) is 15.2. The van der Waals surface area contributed by atoms with Gasteiger partial charge in [0.1, 0.15) is 0 Å². The molecule has 1 aliphatic rings. The van der Waals surface area contributed by atoms with Crippen LogP contribution in [0, 0.1) is 0 Å². The van der Waals surface area contributed by atoms with Crippen molar-refractivity contribution in [3.8, 4) is 0 Å². The highest BCUT2D eigenvalue weighted by Crippen LogP contribution is 2.28. The Morgan fingerprint density at radius 2 is 1.76 bits per heavy atom. The smallest absolute Gasteiger partial charge is 0.419 e. The summed E-state index contributed by atoms with van der Waals surface area (Å²) in [5, 5.41) is 10.6. The number of amides is 2. The molecule has 0 radical (unpaired) electrons. The fraction of sp³-hybridized carbons (Fsp3) is 0.571. The number of aromatic nitrogens is 2. The van der Waals surface area contributed by atoms with Crippen LogP contribution in [0.25, 0.3) is 0 Å². The summed E-state index contributed by atoms with van der Waals surface area (Å²) < 4.78 is 37.5. The van der Waals surface area contributed by atoms with Gasteiger partial charge in [-0.3, -0.25) is 4.79 Å². The monoisotopic (exact) mass is 361 g/mol. The Kier molecular flexibility index (Phi) is 5.99. The Morgan fingerprint density at radius 1 is 1.16 bits per heavy atom. The topological polar surface area (TPSA) is 98.7 Å². The minimum Gasteiger partial charge on any atom is -0.465 e. The predicted octanol–water partition coefficient (Wildman–Crippen LogP) is 1.19. The van der Waals surface area contributed by atoms with Gasteiger partial charge in [-0.1, -0.05) is 0 Å². The molecule has 0 bridgehead atoms. The summed E-state index contributed by atoms with van der Waals surface area (Å²) in [5.74, 6) is 0.117. The molecule has 11 heteroatoms. The average molecular weight is 361 g/mol. The zero-order chi connectivity index (χ0) is 18.4. The van der Waals surface area contributed by atoms with Crippen molar-refractivity contribution < 1.29 is 27.9 Å². The van der Waals surface area contributed by atoms with Crippen LogP contribution in [-0.4, -0.2) is 64.7 Å². The highest BCUT2D eigenvalue weighted by Gasteiger charge is 2.32. The molecule has 1 aromatic rings. The number of anilines is 1. The number of carboxylic acid groups (broad SMARTS) is 1. The summed E-state index contributed by atoms with van der Waals surface area (Å²) >= 11 is 0. The first-order valence-corrected chi connectivity index (χ1v) is 7.66. The van der Waals surface area contributed by atoms with Crippen molar-refractivity contribution in [1.82, 2.24) is 20.2 Å². The number of carbonyl (C=O) groups is 2. The molecule has 0 aliphatic carbocycles. The SMILES string of the molecule is O=C(O)NCCCC(=O)N1CCN(c2ncc(C(F)(F)F)cn2)CC1. The molecule has 0 atom stereocenters. The molecule has 1 saturated heterocycles. The molecule has 1 aromatic heterocycles. The van der Waals surface area contributed by atoms with E-state index in [-0.39, 0.29) is 24.8 Å². The van der Waals surface area contributed by atoms with E-state index < -0.39 is 17.8 Å². The molecule has 0 unspecified atom stereocenters. The third-order valence-electron chi connectivity index (χ3n) is 3.72. The van der Waals surface area contributed by atoms with E-state index in [9.17, 15) is 22.8 Å². The lowest BCUT2D eigenvalue weighted by molar-refractivity contribution is -0.138. The summed E-state index contributed by atoms with van der Waals surface area (Å²) in [6.07, 6.45) is -3.47. The predicted molar refractivity (Wildman–Crippen MR) is 81.1 cm³/mol. The molecule has 1 fully saturated rings. The van der Waals surface area contributed by atoms with Gasteiger partial charge in [0.15, 0.2) is 0 Å². The van der Waals surface area contributed by atoms with Crippen molar-refractivity contribution in [3.05, 3.63) is 18.0 Å². The maximum Gasteiger partial charge on any atom is 0.419 e. The molecule has 0 saturated carbocycles.